The zero-order valence-electron chi connectivity index (χ0n) is 21.3. The summed E-state index contributed by atoms with van der Waals surface area (Å²) in [5.41, 5.74) is 0.661. The molecule has 1 aromatic rings. The molecular formula is C25H39N3O5S. The van der Waals surface area contributed by atoms with Gasteiger partial charge in [0, 0.05) is 43.6 Å². The molecule has 3 atom stereocenters. The minimum atomic E-state index is -3.91. The minimum absolute atomic E-state index is 0.00985. The van der Waals surface area contributed by atoms with E-state index < -0.39 is 22.2 Å². The molecule has 0 spiro atoms. The van der Waals surface area contributed by atoms with Gasteiger partial charge in [-0.05, 0) is 44.9 Å². The SMILES string of the molecule is CC(C)CC#Cc1ccc2c(c1)O[C@@H](CN(C)C(=O)NC(C)C)[C@@H](C)CN([C@@H](C)CO)S2(=O)=O. The van der Waals surface area contributed by atoms with Gasteiger partial charge in [-0.15, -0.1) is 0 Å². The third kappa shape index (κ3) is 7.11. The van der Waals surface area contributed by atoms with Gasteiger partial charge in [0.15, 0.2) is 0 Å². The van der Waals surface area contributed by atoms with Crippen LogP contribution in [0, 0.1) is 23.7 Å². The number of benzene rings is 1. The third-order valence-electron chi connectivity index (χ3n) is 5.62. The van der Waals surface area contributed by atoms with Crippen molar-refractivity contribution in [1.29, 1.82) is 0 Å². The molecule has 0 saturated carbocycles. The number of ether oxygens (including phenoxy) is 1. The lowest BCUT2D eigenvalue weighted by Gasteiger charge is -2.37. The summed E-state index contributed by atoms with van der Waals surface area (Å²) in [6, 6.07) is 4.01. The second-order valence-electron chi connectivity index (χ2n) is 9.79. The van der Waals surface area contributed by atoms with Crippen molar-refractivity contribution in [2.24, 2.45) is 11.8 Å². The maximum absolute atomic E-state index is 13.5. The van der Waals surface area contributed by atoms with Crippen LogP contribution in [-0.4, -0.2) is 73.7 Å². The second-order valence-corrected chi connectivity index (χ2v) is 11.6. The number of hydrogen-bond donors (Lipinski definition) is 2. The van der Waals surface area contributed by atoms with Crippen molar-refractivity contribution < 1.29 is 23.1 Å². The van der Waals surface area contributed by atoms with Gasteiger partial charge in [-0.2, -0.15) is 4.31 Å². The van der Waals surface area contributed by atoms with Crippen LogP contribution in [0.25, 0.3) is 0 Å². The molecular weight excluding hydrogens is 454 g/mol. The highest BCUT2D eigenvalue weighted by atomic mass is 32.2. The standard InChI is InChI=1S/C25H39N3O5S/c1-17(2)9-8-10-21-11-12-24-22(13-21)33-23(15-27(7)25(30)26-18(3)4)19(5)14-28(20(6)16-29)34(24,31)32/h11-13,17-20,23,29H,9,14-16H2,1-7H3,(H,26,30)/t19-,20-,23-/m0/s1. The van der Waals surface area contributed by atoms with Gasteiger partial charge in [0.1, 0.15) is 16.7 Å². The molecule has 2 rings (SSSR count). The fourth-order valence-corrected chi connectivity index (χ4v) is 5.41. The van der Waals surface area contributed by atoms with Crippen molar-refractivity contribution in [3.8, 4) is 17.6 Å². The van der Waals surface area contributed by atoms with E-state index >= 15 is 0 Å². The summed E-state index contributed by atoms with van der Waals surface area (Å²) in [5, 5.41) is 12.6. The monoisotopic (exact) mass is 493 g/mol. The second kappa shape index (κ2) is 11.9. The van der Waals surface area contributed by atoms with Crippen LogP contribution < -0.4 is 10.1 Å². The first-order valence-electron chi connectivity index (χ1n) is 11.8. The van der Waals surface area contributed by atoms with E-state index in [9.17, 15) is 18.3 Å². The molecule has 1 aliphatic heterocycles. The van der Waals surface area contributed by atoms with E-state index in [0.29, 0.717) is 11.5 Å². The number of rotatable bonds is 6. The van der Waals surface area contributed by atoms with E-state index in [4.69, 9.17) is 4.74 Å². The van der Waals surface area contributed by atoms with E-state index in [1.54, 1.807) is 31.0 Å². The lowest BCUT2D eigenvalue weighted by Crippen LogP contribution is -2.51. The van der Waals surface area contributed by atoms with E-state index in [0.717, 1.165) is 6.42 Å². The quantitative estimate of drug-likeness (QED) is 0.594. The summed E-state index contributed by atoms with van der Waals surface area (Å²) < 4.78 is 34.6. The number of aliphatic hydroxyl groups excluding tert-OH is 1. The molecule has 2 N–H and O–H groups in total. The number of urea groups is 1. The number of aliphatic hydroxyl groups is 1. The molecule has 0 aromatic heterocycles. The first-order chi connectivity index (χ1) is 15.9. The first-order valence-corrected chi connectivity index (χ1v) is 13.2. The number of amides is 2. The fraction of sp³-hybridized carbons (Fsp3) is 0.640. The molecule has 0 fully saturated rings. The Morgan fingerprint density at radius 1 is 1.29 bits per heavy atom. The largest absolute Gasteiger partial charge is 0.487 e. The molecule has 34 heavy (non-hydrogen) atoms. The summed E-state index contributed by atoms with van der Waals surface area (Å²) in [5.74, 6) is 6.60. The molecule has 0 bridgehead atoms. The van der Waals surface area contributed by atoms with Crippen molar-refractivity contribution in [2.45, 2.75) is 71.0 Å². The average molecular weight is 494 g/mol. The molecule has 1 aromatic carbocycles. The van der Waals surface area contributed by atoms with Crippen LogP contribution >= 0.6 is 0 Å². The Hall–Kier alpha value is -2.28. The van der Waals surface area contributed by atoms with Gasteiger partial charge in [-0.25, -0.2) is 13.2 Å². The molecule has 9 heteroatoms. The number of nitrogens with zero attached hydrogens (tertiary/aromatic N) is 2. The summed E-state index contributed by atoms with van der Waals surface area (Å²) in [6.45, 7) is 11.6. The highest BCUT2D eigenvalue weighted by Crippen LogP contribution is 2.34. The Morgan fingerprint density at radius 3 is 2.56 bits per heavy atom. The molecule has 0 saturated heterocycles. The van der Waals surface area contributed by atoms with Crippen molar-refractivity contribution in [3.05, 3.63) is 23.8 Å². The molecule has 1 aliphatic rings. The highest BCUT2D eigenvalue weighted by Gasteiger charge is 2.38. The molecule has 0 aliphatic carbocycles. The van der Waals surface area contributed by atoms with Crippen LogP contribution in [0.4, 0.5) is 4.79 Å². The fourth-order valence-electron chi connectivity index (χ4n) is 3.59. The van der Waals surface area contributed by atoms with Crippen LogP contribution in [-0.2, 0) is 10.0 Å². The van der Waals surface area contributed by atoms with Crippen LogP contribution in [0.3, 0.4) is 0 Å². The third-order valence-corrected chi connectivity index (χ3v) is 7.64. The van der Waals surface area contributed by atoms with Gasteiger partial charge in [0.25, 0.3) is 0 Å². The number of sulfonamides is 1. The Balaban J connectivity index is 2.50. The zero-order valence-corrected chi connectivity index (χ0v) is 22.1. The number of carbonyl (C=O) groups is 1. The van der Waals surface area contributed by atoms with Crippen molar-refractivity contribution in [1.82, 2.24) is 14.5 Å². The molecule has 190 valence electrons. The zero-order chi connectivity index (χ0) is 25.6. The lowest BCUT2D eigenvalue weighted by atomic mass is 10.0. The molecule has 0 radical (unpaired) electrons. The topological polar surface area (TPSA) is 99.2 Å². The molecule has 8 nitrogen and oxygen atoms in total. The van der Waals surface area contributed by atoms with E-state index in [2.05, 4.69) is 31.0 Å². The van der Waals surface area contributed by atoms with Gasteiger partial charge in [-0.1, -0.05) is 32.6 Å². The van der Waals surface area contributed by atoms with Crippen LogP contribution in [0.15, 0.2) is 23.1 Å². The number of carbonyl (C=O) groups excluding carboxylic acids is 1. The number of fused-ring (bicyclic) bond motifs is 1. The molecule has 1 heterocycles. The molecule has 2 amide bonds. The average Bonchev–Trinajstić information content (AvgIpc) is 2.74. The predicted octanol–water partition coefficient (Wildman–Crippen LogP) is 2.90. The maximum atomic E-state index is 13.5. The van der Waals surface area contributed by atoms with Crippen molar-refractivity contribution in [2.75, 3.05) is 26.7 Å². The van der Waals surface area contributed by atoms with Crippen molar-refractivity contribution >= 4 is 16.1 Å². The van der Waals surface area contributed by atoms with Gasteiger partial charge < -0.3 is 20.1 Å². The van der Waals surface area contributed by atoms with Crippen molar-refractivity contribution in [3.63, 3.8) is 0 Å². The highest BCUT2D eigenvalue weighted by molar-refractivity contribution is 7.89. The Morgan fingerprint density at radius 2 is 1.97 bits per heavy atom. The Kier molecular flexibility index (Phi) is 9.80. The van der Waals surface area contributed by atoms with E-state index in [-0.39, 0.29) is 48.3 Å². The van der Waals surface area contributed by atoms with Gasteiger partial charge in [0.2, 0.25) is 10.0 Å². The number of likely N-dealkylation sites (N-methyl/N-ethyl adjacent to an activating group) is 1. The predicted molar refractivity (Wildman–Crippen MR) is 133 cm³/mol. The van der Waals surface area contributed by atoms with Gasteiger partial charge in [-0.3, -0.25) is 0 Å². The van der Waals surface area contributed by atoms with E-state index in [1.807, 2.05) is 20.8 Å². The van der Waals surface area contributed by atoms with Crippen LogP contribution in [0.5, 0.6) is 5.75 Å². The van der Waals surface area contributed by atoms with Gasteiger partial charge >= 0.3 is 6.03 Å². The van der Waals surface area contributed by atoms with Gasteiger partial charge in [0.05, 0.1) is 13.2 Å². The molecule has 0 unspecified atom stereocenters. The number of nitrogens with one attached hydrogen (secondary N) is 1. The van der Waals surface area contributed by atoms with E-state index in [1.165, 1.54) is 10.4 Å². The first kappa shape index (κ1) is 28.0. The Bertz CT molecular complexity index is 1010. The normalized spacial score (nSPS) is 20.9. The summed E-state index contributed by atoms with van der Waals surface area (Å²) in [7, 11) is -2.23. The summed E-state index contributed by atoms with van der Waals surface area (Å²) >= 11 is 0. The summed E-state index contributed by atoms with van der Waals surface area (Å²) in [4.78, 5) is 14.1. The van der Waals surface area contributed by atoms with Crippen LogP contribution in [0.1, 0.15) is 53.5 Å². The van der Waals surface area contributed by atoms with Crippen LogP contribution in [0.2, 0.25) is 0 Å². The number of hydrogen-bond acceptors (Lipinski definition) is 5. The minimum Gasteiger partial charge on any atom is -0.487 e. The maximum Gasteiger partial charge on any atom is 0.317 e. The Labute approximate surface area is 204 Å². The lowest BCUT2D eigenvalue weighted by molar-refractivity contribution is 0.0809. The smallest absolute Gasteiger partial charge is 0.317 e. The summed E-state index contributed by atoms with van der Waals surface area (Å²) in [6.07, 6.45) is 0.261.